The van der Waals surface area contributed by atoms with Gasteiger partial charge in [-0.2, -0.15) is 0 Å². The first-order chi connectivity index (χ1) is 9.04. The van der Waals surface area contributed by atoms with Gasteiger partial charge in [0.05, 0.1) is 12.8 Å². The van der Waals surface area contributed by atoms with Gasteiger partial charge in [-0.15, -0.1) is 0 Å². The fraction of sp³-hybridized carbons (Fsp3) is 0.533. The molecule has 19 heavy (non-hydrogen) atoms. The number of nitrogens with one attached hydrogen (secondary N) is 1. The summed E-state index contributed by atoms with van der Waals surface area (Å²) in [5.74, 6) is 1.52. The molecule has 1 unspecified atom stereocenters. The third kappa shape index (κ3) is 2.67. The summed E-state index contributed by atoms with van der Waals surface area (Å²) < 4.78 is 5.31. The van der Waals surface area contributed by atoms with Gasteiger partial charge in [-0.3, -0.25) is 5.41 Å². The Kier molecular flexibility index (Phi) is 3.98. The fourth-order valence-electron chi connectivity index (χ4n) is 2.89. The van der Waals surface area contributed by atoms with Crippen molar-refractivity contribution in [2.24, 2.45) is 11.7 Å². The Morgan fingerprint density at radius 1 is 1.47 bits per heavy atom. The predicted molar refractivity (Wildman–Crippen MR) is 79.2 cm³/mol. The van der Waals surface area contributed by atoms with Crippen LogP contribution in [-0.4, -0.2) is 25.5 Å². The standard InChI is InChI=1S/C15H23N3O/c1-10(2)13-5-4-8-18(13)14-9-11(19-3)6-7-12(14)15(16)17/h6-7,9-10,13H,4-5,8H2,1-3H3,(H3,16,17). The molecule has 0 saturated carbocycles. The van der Waals surface area contributed by atoms with Crippen molar-refractivity contribution in [1.82, 2.24) is 0 Å². The Bertz CT molecular complexity index is 470. The molecule has 104 valence electrons. The molecule has 1 aromatic rings. The van der Waals surface area contributed by atoms with Gasteiger partial charge in [0.25, 0.3) is 0 Å². The molecule has 1 atom stereocenters. The zero-order valence-corrected chi connectivity index (χ0v) is 11.9. The molecule has 0 aromatic heterocycles. The van der Waals surface area contributed by atoms with Crippen LogP contribution in [0.1, 0.15) is 32.3 Å². The summed E-state index contributed by atoms with van der Waals surface area (Å²) in [5.41, 5.74) is 7.54. The molecule has 1 aliphatic rings. The largest absolute Gasteiger partial charge is 0.497 e. The molecule has 1 fully saturated rings. The number of hydrogen-bond donors (Lipinski definition) is 2. The average molecular weight is 261 g/mol. The lowest BCUT2D eigenvalue weighted by molar-refractivity contribution is 0.414. The van der Waals surface area contributed by atoms with E-state index in [4.69, 9.17) is 15.9 Å². The molecule has 1 aliphatic heterocycles. The molecule has 4 nitrogen and oxygen atoms in total. The number of benzene rings is 1. The van der Waals surface area contributed by atoms with Gasteiger partial charge in [-0.25, -0.2) is 0 Å². The number of rotatable bonds is 4. The highest BCUT2D eigenvalue weighted by molar-refractivity contribution is 6.00. The third-order valence-corrected chi connectivity index (χ3v) is 3.87. The van der Waals surface area contributed by atoms with E-state index in [1.165, 1.54) is 12.8 Å². The normalized spacial score (nSPS) is 18.9. The van der Waals surface area contributed by atoms with Crippen LogP contribution in [0.5, 0.6) is 5.75 Å². The zero-order chi connectivity index (χ0) is 14.0. The average Bonchev–Trinajstić information content (AvgIpc) is 2.87. The lowest BCUT2D eigenvalue weighted by Crippen LogP contribution is -2.35. The second-order valence-corrected chi connectivity index (χ2v) is 5.44. The maximum absolute atomic E-state index is 7.75. The number of ether oxygens (including phenoxy) is 1. The molecular formula is C15H23N3O. The van der Waals surface area contributed by atoms with Crippen molar-refractivity contribution >= 4 is 11.5 Å². The van der Waals surface area contributed by atoms with Crippen molar-refractivity contribution in [2.45, 2.75) is 32.7 Å². The summed E-state index contributed by atoms with van der Waals surface area (Å²) in [6.45, 7) is 5.52. The molecule has 3 N–H and O–H groups in total. The van der Waals surface area contributed by atoms with Gasteiger partial charge < -0.3 is 15.4 Å². The van der Waals surface area contributed by atoms with E-state index < -0.39 is 0 Å². The van der Waals surface area contributed by atoms with Crippen LogP contribution >= 0.6 is 0 Å². The van der Waals surface area contributed by atoms with Gasteiger partial charge in [0, 0.05) is 24.2 Å². The van der Waals surface area contributed by atoms with E-state index in [-0.39, 0.29) is 5.84 Å². The number of nitrogens with zero attached hydrogens (tertiary/aromatic N) is 1. The Morgan fingerprint density at radius 2 is 2.21 bits per heavy atom. The zero-order valence-electron chi connectivity index (χ0n) is 11.9. The number of methoxy groups -OCH3 is 1. The minimum Gasteiger partial charge on any atom is -0.497 e. The summed E-state index contributed by atoms with van der Waals surface area (Å²) in [7, 11) is 1.66. The molecule has 1 saturated heterocycles. The van der Waals surface area contributed by atoms with Crippen LogP contribution in [0, 0.1) is 11.3 Å². The number of anilines is 1. The van der Waals surface area contributed by atoms with E-state index in [1.807, 2.05) is 18.2 Å². The first-order valence-corrected chi connectivity index (χ1v) is 6.83. The highest BCUT2D eigenvalue weighted by Gasteiger charge is 2.29. The van der Waals surface area contributed by atoms with E-state index in [1.54, 1.807) is 7.11 Å². The molecule has 2 rings (SSSR count). The van der Waals surface area contributed by atoms with Gasteiger partial charge in [0.1, 0.15) is 11.6 Å². The molecule has 0 spiro atoms. The van der Waals surface area contributed by atoms with Crippen LogP contribution in [0.3, 0.4) is 0 Å². The van der Waals surface area contributed by atoms with Gasteiger partial charge in [0.15, 0.2) is 0 Å². The number of nitrogen functional groups attached to an aromatic ring is 1. The first kappa shape index (κ1) is 13.7. The molecule has 1 heterocycles. The topological polar surface area (TPSA) is 62.3 Å². The lowest BCUT2D eigenvalue weighted by atomic mass is 10.0. The molecule has 0 radical (unpaired) electrons. The Morgan fingerprint density at radius 3 is 2.79 bits per heavy atom. The molecule has 0 bridgehead atoms. The fourth-order valence-corrected chi connectivity index (χ4v) is 2.89. The van der Waals surface area contributed by atoms with Crippen molar-refractivity contribution in [3.63, 3.8) is 0 Å². The van der Waals surface area contributed by atoms with E-state index in [2.05, 4.69) is 18.7 Å². The first-order valence-electron chi connectivity index (χ1n) is 6.83. The molecule has 4 heteroatoms. The second kappa shape index (κ2) is 5.51. The number of amidine groups is 1. The highest BCUT2D eigenvalue weighted by Crippen LogP contribution is 2.34. The van der Waals surface area contributed by atoms with E-state index >= 15 is 0 Å². The Labute approximate surface area is 115 Å². The number of nitrogens with two attached hydrogens (primary N) is 1. The molecule has 0 aliphatic carbocycles. The van der Waals surface area contributed by atoms with Crippen LogP contribution in [-0.2, 0) is 0 Å². The lowest BCUT2D eigenvalue weighted by Gasteiger charge is -2.31. The molecule has 1 aromatic carbocycles. The van der Waals surface area contributed by atoms with E-state index in [9.17, 15) is 0 Å². The predicted octanol–water partition coefficient (Wildman–Crippen LogP) is 2.60. The van der Waals surface area contributed by atoms with Crippen LogP contribution < -0.4 is 15.4 Å². The third-order valence-electron chi connectivity index (χ3n) is 3.87. The van der Waals surface area contributed by atoms with Crippen molar-refractivity contribution < 1.29 is 4.74 Å². The van der Waals surface area contributed by atoms with Crippen LogP contribution in [0.15, 0.2) is 18.2 Å². The van der Waals surface area contributed by atoms with Gasteiger partial charge in [0.2, 0.25) is 0 Å². The highest BCUT2D eigenvalue weighted by atomic mass is 16.5. The number of hydrogen-bond acceptors (Lipinski definition) is 3. The van der Waals surface area contributed by atoms with Gasteiger partial charge in [-0.05, 0) is 30.9 Å². The Balaban J connectivity index is 2.43. The van der Waals surface area contributed by atoms with Crippen molar-refractivity contribution in [2.75, 3.05) is 18.6 Å². The van der Waals surface area contributed by atoms with Crippen LogP contribution in [0.25, 0.3) is 0 Å². The van der Waals surface area contributed by atoms with Crippen molar-refractivity contribution in [1.29, 1.82) is 5.41 Å². The Hall–Kier alpha value is -1.71. The SMILES string of the molecule is COc1ccc(C(=N)N)c(N2CCCC2C(C)C)c1. The molecule has 0 amide bonds. The van der Waals surface area contributed by atoms with Gasteiger partial charge >= 0.3 is 0 Å². The molecular weight excluding hydrogens is 238 g/mol. The minimum absolute atomic E-state index is 0.118. The monoisotopic (exact) mass is 261 g/mol. The van der Waals surface area contributed by atoms with Crippen LogP contribution in [0.2, 0.25) is 0 Å². The van der Waals surface area contributed by atoms with Gasteiger partial charge in [-0.1, -0.05) is 13.8 Å². The minimum atomic E-state index is 0.118. The van der Waals surface area contributed by atoms with E-state index in [0.717, 1.165) is 23.5 Å². The van der Waals surface area contributed by atoms with Crippen molar-refractivity contribution in [3.8, 4) is 5.75 Å². The smallest absolute Gasteiger partial charge is 0.124 e. The summed E-state index contributed by atoms with van der Waals surface area (Å²) in [6.07, 6.45) is 2.39. The maximum atomic E-state index is 7.75. The summed E-state index contributed by atoms with van der Waals surface area (Å²) in [5, 5.41) is 7.75. The van der Waals surface area contributed by atoms with Crippen molar-refractivity contribution in [3.05, 3.63) is 23.8 Å². The maximum Gasteiger partial charge on any atom is 0.124 e. The summed E-state index contributed by atoms with van der Waals surface area (Å²) >= 11 is 0. The van der Waals surface area contributed by atoms with Crippen LogP contribution in [0.4, 0.5) is 5.69 Å². The summed E-state index contributed by atoms with van der Waals surface area (Å²) in [4.78, 5) is 2.38. The summed E-state index contributed by atoms with van der Waals surface area (Å²) in [6, 6.07) is 6.26. The quantitative estimate of drug-likeness (QED) is 0.647. The second-order valence-electron chi connectivity index (χ2n) is 5.44. The van der Waals surface area contributed by atoms with E-state index in [0.29, 0.717) is 12.0 Å².